The molecule has 106 valence electrons. The first kappa shape index (κ1) is 15.4. The largest absolute Gasteiger partial charge is 0.378 e. The standard InChI is InChI=1S/C14H28N2O2/c1-14(2,3)6-4-7-15-8-5-13(17)16-9-11-18-12-10-16/h15H,4-12H2,1-3H3. The Labute approximate surface area is 111 Å². The highest BCUT2D eigenvalue weighted by atomic mass is 16.5. The Morgan fingerprint density at radius 3 is 2.50 bits per heavy atom. The van der Waals surface area contributed by atoms with Gasteiger partial charge in [-0.3, -0.25) is 4.79 Å². The van der Waals surface area contributed by atoms with E-state index >= 15 is 0 Å². The molecule has 4 heteroatoms. The zero-order valence-corrected chi connectivity index (χ0v) is 12.1. The zero-order chi connectivity index (χ0) is 13.4. The third-order valence-electron chi connectivity index (χ3n) is 3.16. The fourth-order valence-electron chi connectivity index (χ4n) is 2.03. The average Bonchev–Trinajstić information content (AvgIpc) is 2.33. The molecule has 1 amide bonds. The number of amides is 1. The van der Waals surface area contributed by atoms with Gasteiger partial charge >= 0.3 is 0 Å². The predicted molar refractivity (Wildman–Crippen MR) is 73.6 cm³/mol. The highest BCUT2D eigenvalue weighted by Gasteiger charge is 2.15. The summed E-state index contributed by atoms with van der Waals surface area (Å²) < 4.78 is 5.23. The summed E-state index contributed by atoms with van der Waals surface area (Å²) in [5.41, 5.74) is 0.408. The lowest BCUT2D eigenvalue weighted by atomic mass is 9.91. The smallest absolute Gasteiger partial charge is 0.224 e. The topological polar surface area (TPSA) is 41.6 Å². The van der Waals surface area contributed by atoms with Gasteiger partial charge in [-0.2, -0.15) is 0 Å². The SMILES string of the molecule is CC(C)(C)CCCNCCC(=O)N1CCOCC1. The van der Waals surface area contributed by atoms with Crippen molar-refractivity contribution < 1.29 is 9.53 Å². The van der Waals surface area contributed by atoms with Crippen LogP contribution in [-0.4, -0.2) is 50.2 Å². The molecule has 0 radical (unpaired) electrons. The van der Waals surface area contributed by atoms with Gasteiger partial charge in [0.1, 0.15) is 0 Å². The van der Waals surface area contributed by atoms with E-state index < -0.39 is 0 Å². The zero-order valence-electron chi connectivity index (χ0n) is 12.1. The Balaban J connectivity index is 1.98. The third kappa shape index (κ3) is 6.97. The summed E-state index contributed by atoms with van der Waals surface area (Å²) in [6.45, 7) is 11.5. The summed E-state index contributed by atoms with van der Waals surface area (Å²) in [5, 5.41) is 3.35. The average molecular weight is 256 g/mol. The molecule has 1 aliphatic rings. The van der Waals surface area contributed by atoms with Crippen molar-refractivity contribution in [3.05, 3.63) is 0 Å². The second kappa shape index (κ2) is 7.74. The second-order valence-electron chi connectivity index (χ2n) is 6.16. The molecule has 18 heavy (non-hydrogen) atoms. The van der Waals surface area contributed by atoms with Crippen LogP contribution in [0.4, 0.5) is 0 Å². The van der Waals surface area contributed by atoms with Crippen molar-refractivity contribution in [1.29, 1.82) is 0 Å². The summed E-state index contributed by atoms with van der Waals surface area (Å²) in [5.74, 6) is 0.252. The van der Waals surface area contributed by atoms with Crippen molar-refractivity contribution in [3.63, 3.8) is 0 Å². The van der Waals surface area contributed by atoms with Crippen LogP contribution in [0.3, 0.4) is 0 Å². The molecule has 4 nitrogen and oxygen atoms in total. The molecule has 0 spiro atoms. The maximum atomic E-state index is 11.8. The van der Waals surface area contributed by atoms with E-state index in [0.717, 1.165) is 26.2 Å². The number of rotatable bonds is 6. The number of morpholine rings is 1. The number of hydrogen-bond acceptors (Lipinski definition) is 3. The van der Waals surface area contributed by atoms with Crippen LogP contribution in [0.25, 0.3) is 0 Å². The Morgan fingerprint density at radius 1 is 1.22 bits per heavy atom. The summed E-state index contributed by atoms with van der Waals surface area (Å²) in [4.78, 5) is 13.7. The number of nitrogens with one attached hydrogen (secondary N) is 1. The summed E-state index contributed by atoms with van der Waals surface area (Å²) in [6.07, 6.45) is 3.00. The minimum absolute atomic E-state index is 0.252. The van der Waals surface area contributed by atoms with Crippen molar-refractivity contribution in [2.24, 2.45) is 5.41 Å². The number of hydrogen-bond donors (Lipinski definition) is 1. The molecular formula is C14H28N2O2. The molecule has 0 aromatic carbocycles. The van der Waals surface area contributed by atoms with Gasteiger partial charge in [-0.15, -0.1) is 0 Å². The highest BCUT2D eigenvalue weighted by Crippen LogP contribution is 2.19. The van der Waals surface area contributed by atoms with Crippen LogP contribution in [-0.2, 0) is 9.53 Å². The van der Waals surface area contributed by atoms with Crippen LogP contribution in [0.1, 0.15) is 40.0 Å². The molecule has 1 heterocycles. The van der Waals surface area contributed by atoms with E-state index in [-0.39, 0.29) is 5.91 Å². The van der Waals surface area contributed by atoms with Gasteiger partial charge in [0.05, 0.1) is 13.2 Å². The fraction of sp³-hybridized carbons (Fsp3) is 0.929. The van der Waals surface area contributed by atoms with Gasteiger partial charge in [-0.25, -0.2) is 0 Å². The molecule has 0 aromatic heterocycles. The molecular weight excluding hydrogens is 228 g/mol. The molecule has 1 saturated heterocycles. The summed E-state index contributed by atoms with van der Waals surface area (Å²) >= 11 is 0. The van der Waals surface area contributed by atoms with Crippen LogP contribution in [0.15, 0.2) is 0 Å². The summed E-state index contributed by atoms with van der Waals surface area (Å²) in [7, 11) is 0. The molecule has 0 saturated carbocycles. The van der Waals surface area contributed by atoms with Crippen LogP contribution in [0, 0.1) is 5.41 Å². The Morgan fingerprint density at radius 2 is 1.89 bits per heavy atom. The summed E-state index contributed by atoms with van der Waals surface area (Å²) in [6, 6.07) is 0. The molecule has 0 aromatic rings. The molecule has 0 atom stereocenters. The van der Waals surface area contributed by atoms with Gasteiger partial charge in [0.25, 0.3) is 0 Å². The molecule has 0 unspecified atom stereocenters. The normalized spacial score (nSPS) is 16.9. The van der Waals surface area contributed by atoms with Gasteiger partial charge in [-0.05, 0) is 24.8 Å². The quantitative estimate of drug-likeness (QED) is 0.735. The minimum atomic E-state index is 0.252. The van der Waals surface area contributed by atoms with Crippen LogP contribution in [0.5, 0.6) is 0 Å². The van der Waals surface area contributed by atoms with Gasteiger partial charge in [0.2, 0.25) is 5.91 Å². The first-order valence-corrected chi connectivity index (χ1v) is 7.05. The molecule has 1 N–H and O–H groups in total. The maximum absolute atomic E-state index is 11.8. The Kier molecular flexibility index (Phi) is 6.65. The monoisotopic (exact) mass is 256 g/mol. The van der Waals surface area contributed by atoms with Gasteiger partial charge in [0.15, 0.2) is 0 Å². The van der Waals surface area contributed by atoms with E-state index in [9.17, 15) is 4.79 Å². The molecule has 1 rings (SSSR count). The van der Waals surface area contributed by atoms with E-state index in [4.69, 9.17) is 4.74 Å². The van der Waals surface area contributed by atoms with E-state index in [1.54, 1.807) is 0 Å². The molecule has 1 aliphatic heterocycles. The van der Waals surface area contributed by atoms with Crippen molar-refractivity contribution in [2.45, 2.75) is 40.0 Å². The van der Waals surface area contributed by atoms with E-state index in [1.807, 2.05) is 4.90 Å². The third-order valence-corrected chi connectivity index (χ3v) is 3.16. The molecule has 0 bridgehead atoms. The van der Waals surface area contributed by atoms with Crippen molar-refractivity contribution >= 4 is 5.91 Å². The van der Waals surface area contributed by atoms with Gasteiger partial charge in [0, 0.05) is 26.1 Å². The minimum Gasteiger partial charge on any atom is -0.378 e. The Hall–Kier alpha value is -0.610. The Bertz CT molecular complexity index is 243. The number of carbonyl (C=O) groups is 1. The van der Waals surface area contributed by atoms with E-state index in [2.05, 4.69) is 26.1 Å². The lowest BCUT2D eigenvalue weighted by Gasteiger charge is -2.26. The van der Waals surface area contributed by atoms with Gasteiger partial charge in [-0.1, -0.05) is 20.8 Å². The highest BCUT2D eigenvalue weighted by molar-refractivity contribution is 5.76. The van der Waals surface area contributed by atoms with Crippen LogP contribution < -0.4 is 5.32 Å². The first-order valence-electron chi connectivity index (χ1n) is 7.05. The van der Waals surface area contributed by atoms with Crippen molar-refractivity contribution in [3.8, 4) is 0 Å². The lowest BCUT2D eigenvalue weighted by Crippen LogP contribution is -2.41. The van der Waals surface area contributed by atoms with E-state index in [1.165, 1.54) is 12.8 Å². The number of carbonyl (C=O) groups excluding carboxylic acids is 1. The predicted octanol–water partition coefficient (Wildman–Crippen LogP) is 1.65. The molecule has 0 aliphatic carbocycles. The van der Waals surface area contributed by atoms with Crippen molar-refractivity contribution in [1.82, 2.24) is 10.2 Å². The number of nitrogens with zero attached hydrogens (tertiary/aromatic N) is 1. The second-order valence-corrected chi connectivity index (χ2v) is 6.16. The lowest BCUT2D eigenvalue weighted by molar-refractivity contribution is -0.135. The van der Waals surface area contributed by atoms with Crippen LogP contribution in [0.2, 0.25) is 0 Å². The van der Waals surface area contributed by atoms with Crippen LogP contribution >= 0.6 is 0 Å². The fourth-order valence-corrected chi connectivity index (χ4v) is 2.03. The van der Waals surface area contributed by atoms with Gasteiger partial charge < -0.3 is 15.0 Å². The first-order chi connectivity index (χ1) is 8.49. The van der Waals surface area contributed by atoms with Crippen molar-refractivity contribution in [2.75, 3.05) is 39.4 Å². The van der Waals surface area contributed by atoms with E-state index in [0.29, 0.717) is 25.0 Å². The maximum Gasteiger partial charge on any atom is 0.224 e. The molecule has 1 fully saturated rings. The number of ether oxygens (including phenoxy) is 1.